The Morgan fingerprint density at radius 1 is 1.28 bits per heavy atom. The van der Waals surface area contributed by atoms with E-state index >= 15 is 0 Å². The Morgan fingerprint density at radius 2 is 2.12 bits per heavy atom. The Balaban J connectivity index is 0.00000156. The number of aromatic nitrogens is 1. The summed E-state index contributed by atoms with van der Waals surface area (Å²) in [5.74, 6) is 0.801. The highest BCUT2D eigenvalue weighted by Crippen LogP contribution is 2.22. The first-order valence-corrected chi connectivity index (χ1v) is 9.45. The van der Waals surface area contributed by atoms with E-state index < -0.39 is 0 Å². The fourth-order valence-corrected chi connectivity index (χ4v) is 4.04. The van der Waals surface area contributed by atoms with Crippen LogP contribution in [0.25, 0.3) is 10.2 Å². The van der Waals surface area contributed by atoms with Crippen molar-refractivity contribution >= 4 is 52.3 Å². The Labute approximate surface area is 166 Å². The van der Waals surface area contributed by atoms with Crippen LogP contribution in [0.4, 0.5) is 0 Å². The molecule has 4 nitrogen and oxygen atoms in total. The van der Waals surface area contributed by atoms with E-state index in [1.54, 1.807) is 11.3 Å². The van der Waals surface area contributed by atoms with E-state index in [-0.39, 0.29) is 30.7 Å². The Hall–Kier alpha value is -0.880. The lowest BCUT2D eigenvalue weighted by atomic mass is 10.00. The van der Waals surface area contributed by atoms with Crippen LogP contribution in [0.3, 0.4) is 0 Å². The number of aryl methyl sites for hydroxylation is 1. The summed E-state index contributed by atoms with van der Waals surface area (Å²) in [6.07, 6.45) is 6.01. The number of unbranched alkanes of at least 4 members (excludes halogenated alkanes) is 1. The zero-order valence-corrected chi connectivity index (χ0v) is 16.8. The summed E-state index contributed by atoms with van der Waals surface area (Å²) in [4.78, 5) is 16.5. The Kier molecular flexibility index (Phi) is 10.4. The van der Waals surface area contributed by atoms with Crippen LogP contribution in [-0.2, 0) is 11.2 Å². The predicted molar refractivity (Wildman–Crippen MR) is 110 cm³/mol. The highest BCUT2D eigenvalue weighted by Gasteiger charge is 2.13. The lowest BCUT2D eigenvalue weighted by molar-refractivity contribution is -0.121. The minimum Gasteiger partial charge on any atom is -0.356 e. The van der Waals surface area contributed by atoms with Crippen LogP contribution >= 0.6 is 36.2 Å². The summed E-state index contributed by atoms with van der Waals surface area (Å²) in [5.41, 5.74) is 1.09. The van der Waals surface area contributed by atoms with Crippen molar-refractivity contribution < 1.29 is 4.79 Å². The second kappa shape index (κ2) is 11.7. The van der Waals surface area contributed by atoms with E-state index in [0.29, 0.717) is 12.3 Å². The number of hydrogen-bond donors (Lipinski definition) is 2. The van der Waals surface area contributed by atoms with Crippen LogP contribution in [0.5, 0.6) is 0 Å². The molecule has 2 aromatic rings. The van der Waals surface area contributed by atoms with Gasteiger partial charge in [-0.1, -0.05) is 12.1 Å². The lowest BCUT2D eigenvalue weighted by Crippen LogP contribution is -2.38. The third kappa shape index (κ3) is 7.10. The molecule has 1 unspecified atom stereocenters. The highest BCUT2D eigenvalue weighted by molar-refractivity contribution is 7.18. The average Bonchev–Trinajstić information content (AvgIpc) is 3.00. The van der Waals surface area contributed by atoms with Crippen LogP contribution in [0.15, 0.2) is 24.3 Å². The van der Waals surface area contributed by atoms with Gasteiger partial charge in [0.15, 0.2) is 0 Å². The van der Waals surface area contributed by atoms with E-state index in [1.807, 2.05) is 6.07 Å². The van der Waals surface area contributed by atoms with Gasteiger partial charge in [-0.15, -0.1) is 36.2 Å². The minimum atomic E-state index is 0. The molecular weight excluding hydrogens is 377 g/mol. The fraction of sp³-hybridized carbons (Fsp3) is 0.556. The van der Waals surface area contributed by atoms with Crippen LogP contribution in [0, 0.1) is 5.92 Å². The van der Waals surface area contributed by atoms with Gasteiger partial charge in [0.05, 0.1) is 15.2 Å². The van der Waals surface area contributed by atoms with Gasteiger partial charge >= 0.3 is 0 Å². The molecule has 3 rings (SSSR count). The van der Waals surface area contributed by atoms with Gasteiger partial charge in [-0.3, -0.25) is 4.79 Å². The molecule has 2 N–H and O–H groups in total. The van der Waals surface area contributed by atoms with Crippen molar-refractivity contribution in [3.8, 4) is 0 Å². The molecule has 1 saturated heterocycles. The van der Waals surface area contributed by atoms with Crippen molar-refractivity contribution in [2.75, 3.05) is 19.6 Å². The molecule has 1 atom stereocenters. The van der Waals surface area contributed by atoms with Crippen LogP contribution in [0.1, 0.15) is 37.1 Å². The molecule has 1 aromatic carbocycles. The first kappa shape index (κ1) is 22.2. The fourth-order valence-electron chi connectivity index (χ4n) is 3.03. The quantitative estimate of drug-likeness (QED) is 0.687. The molecule has 140 valence electrons. The van der Waals surface area contributed by atoms with Gasteiger partial charge in [0.25, 0.3) is 0 Å². The molecule has 0 radical (unpaired) electrons. The van der Waals surface area contributed by atoms with Crippen molar-refractivity contribution in [3.05, 3.63) is 29.3 Å². The maximum absolute atomic E-state index is 11.9. The molecule has 0 bridgehead atoms. The largest absolute Gasteiger partial charge is 0.356 e. The Bertz CT molecular complexity index is 611. The number of benzene rings is 1. The van der Waals surface area contributed by atoms with Gasteiger partial charge in [-0.25, -0.2) is 4.98 Å². The van der Waals surface area contributed by atoms with E-state index in [0.717, 1.165) is 44.4 Å². The van der Waals surface area contributed by atoms with Crippen molar-refractivity contribution in [2.24, 2.45) is 5.92 Å². The van der Waals surface area contributed by atoms with Crippen LogP contribution in [-0.4, -0.2) is 30.5 Å². The molecule has 7 heteroatoms. The minimum absolute atomic E-state index is 0. The molecule has 1 aliphatic rings. The number of carbonyl (C=O) groups excluding carboxylic acids is 1. The molecule has 25 heavy (non-hydrogen) atoms. The third-order valence-corrected chi connectivity index (χ3v) is 5.47. The van der Waals surface area contributed by atoms with Gasteiger partial charge < -0.3 is 10.6 Å². The van der Waals surface area contributed by atoms with Crippen molar-refractivity contribution in [1.82, 2.24) is 15.6 Å². The van der Waals surface area contributed by atoms with Gasteiger partial charge in [0, 0.05) is 13.0 Å². The molecule has 0 spiro atoms. The second-order valence-electron chi connectivity index (χ2n) is 6.30. The average molecular weight is 404 g/mol. The number of thiazole rings is 1. The molecule has 1 amide bonds. The predicted octanol–water partition coefficient (Wildman–Crippen LogP) is 3.97. The van der Waals surface area contributed by atoms with Crippen molar-refractivity contribution in [1.29, 1.82) is 0 Å². The second-order valence-corrected chi connectivity index (χ2v) is 7.41. The molecule has 1 aliphatic heterocycles. The first-order chi connectivity index (χ1) is 11.3. The summed E-state index contributed by atoms with van der Waals surface area (Å²) >= 11 is 1.77. The molecule has 1 aromatic heterocycles. The smallest absolute Gasteiger partial charge is 0.220 e. The summed E-state index contributed by atoms with van der Waals surface area (Å²) in [7, 11) is 0. The summed E-state index contributed by atoms with van der Waals surface area (Å²) in [6, 6.07) is 8.25. The molecule has 0 saturated carbocycles. The molecule has 1 fully saturated rings. The number of piperidine rings is 1. The van der Waals surface area contributed by atoms with E-state index in [9.17, 15) is 4.79 Å². The zero-order valence-electron chi connectivity index (χ0n) is 14.3. The van der Waals surface area contributed by atoms with Crippen molar-refractivity contribution in [3.63, 3.8) is 0 Å². The number of nitrogens with one attached hydrogen (secondary N) is 2. The maximum Gasteiger partial charge on any atom is 0.220 e. The summed E-state index contributed by atoms with van der Waals surface area (Å²) in [5, 5.41) is 7.64. The number of fused-ring (bicyclic) bond motifs is 1. The summed E-state index contributed by atoms with van der Waals surface area (Å²) in [6.45, 7) is 2.98. The highest BCUT2D eigenvalue weighted by atomic mass is 35.5. The third-order valence-electron chi connectivity index (χ3n) is 4.37. The van der Waals surface area contributed by atoms with E-state index in [2.05, 4.69) is 33.8 Å². The van der Waals surface area contributed by atoms with E-state index in [4.69, 9.17) is 0 Å². The number of para-hydroxylation sites is 1. The number of amides is 1. The lowest BCUT2D eigenvalue weighted by Gasteiger charge is -2.22. The van der Waals surface area contributed by atoms with Crippen molar-refractivity contribution in [2.45, 2.75) is 38.5 Å². The number of halogens is 2. The monoisotopic (exact) mass is 403 g/mol. The first-order valence-electron chi connectivity index (χ1n) is 8.63. The molecular formula is C18H27Cl2N3OS. The van der Waals surface area contributed by atoms with Gasteiger partial charge in [0.2, 0.25) is 5.91 Å². The van der Waals surface area contributed by atoms with Crippen LogP contribution in [0.2, 0.25) is 0 Å². The standard InChI is InChI=1S/C18H25N3OS.2ClH/c22-17(20-13-14-6-5-11-19-12-14)9-3-4-10-18-21-15-7-1-2-8-16(15)23-18;;/h1-2,7-8,14,19H,3-6,9-13H2,(H,20,22);2*1H. The number of nitrogens with zero attached hydrogens (tertiary/aromatic N) is 1. The molecule has 2 heterocycles. The van der Waals surface area contributed by atoms with Crippen LogP contribution < -0.4 is 10.6 Å². The SMILES string of the molecule is Cl.Cl.O=C(CCCCc1nc2ccccc2s1)NCC1CCCNC1. The Morgan fingerprint density at radius 3 is 2.88 bits per heavy atom. The number of rotatable bonds is 7. The van der Waals surface area contributed by atoms with E-state index in [1.165, 1.54) is 22.5 Å². The van der Waals surface area contributed by atoms with Gasteiger partial charge in [-0.2, -0.15) is 0 Å². The summed E-state index contributed by atoms with van der Waals surface area (Å²) < 4.78 is 1.25. The number of carbonyl (C=O) groups is 1. The van der Waals surface area contributed by atoms with Gasteiger partial charge in [-0.05, 0) is 63.2 Å². The zero-order chi connectivity index (χ0) is 15.9. The van der Waals surface area contributed by atoms with Gasteiger partial charge in [0.1, 0.15) is 0 Å². The number of hydrogen-bond acceptors (Lipinski definition) is 4. The normalized spacial score (nSPS) is 16.7. The topological polar surface area (TPSA) is 54.0 Å². The maximum atomic E-state index is 11.9. The molecule has 0 aliphatic carbocycles.